The average Bonchev–Trinajstić information content (AvgIpc) is 2.27. The van der Waals surface area contributed by atoms with Gasteiger partial charge in [-0.3, -0.25) is 0 Å². The molecular weight excluding hydrogens is 232 g/mol. The second-order valence-electron chi connectivity index (χ2n) is 6.02. The molecule has 1 aliphatic rings. The first-order chi connectivity index (χ1) is 8.90. The molecule has 1 nitrogen and oxygen atoms in total. The number of rotatable bonds is 2. The fourth-order valence-corrected chi connectivity index (χ4v) is 3.38. The van der Waals surface area contributed by atoms with Gasteiger partial charge in [-0.05, 0) is 75.3 Å². The van der Waals surface area contributed by atoms with Gasteiger partial charge in [-0.1, -0.05) is 23.8 Å². The van der Waals surface area contributed by atoms with Crippen molar-refractivity contribution in [3.8, 4) is 5.75 Å². The Morgan fingerprint density at radius 1 is 1.21 bits per heavy atom. The van der Waals surface area contributed by atoms with Crippen LogP contribution in [0.3, 0.4) is 0 Å². The van der Waals surface area contributed by atoms with Crippen molar-refractivity contribution in [1.82, 2.24) is 0 Å². The third-order valence-electron chi connectivity index (χ3n) is 4.29. The predicted octanol–water partition coefficient (Wildman–Crippen LogP) is 5.03. The molecule has 1 aromatic carbocycles. The molecule has 0 aliphatic heterocycles. The molecule has 0 radical (unpaired) electrons. The first-order valence-electron chi connectivity index (χ1n) is 7.03. The Kier molecular flexibility index (Phi) is 3.84. The Balaban J connectivity index is 2.54. The lowest BCUT2D eigenvalue weighted by atomic mass is 9.72. The molecule has 0 spiro atoms. The molecule has 2 atom stereocenters. The highest BCUT2D eigenvalue weighted by Gasteiger charge is 2.27. The van der Waals surface area contributed by atoms with Gasteiger partial charge in [0.25, 0.3) is 0 Å². The van der Waals surface area contributed by atoms with Crippen molar-refractivity contribution in [3.05, 3.63) is 52.6 Å². The summed E-state index contributed by atoms with van der Waals surface area (Å²) in [5.41, 5.74) is 6.46. The van der Waals surface area contributed by atoms with E-state index in [1.165, 1.54) is 40.7 Å². The van der Waals surface area contributed by atoms with E-state index in [1.807, 2.05) is 12.1 Å². The van der Waals surface area contributed by atoms with Gasteiger partial charge in [-0.25, -0.2) is 0 Å². The summed E-state index contributed by atoms with van der Waals surface area (Å²) < 4.78 is 0. The number of hydrogen-bond acceptors (Lipinski definition) is 1. The second-order valence-corrected chi connectivity index (χ2v) is 6.02. The molecule has 0 saturated heterocycles. The van der Waals surface area contributed by atoms with Crippen LogP contribution in [0.2, 0.25) is 0 Å². The van der Waals surface area contributed by atoms with Crippen LogP contribution in [0.1, 0.15) is 49.3 Å². The zero-order chi connectivity index (χ0) is 14.2. The fourth-order valence-electron chi connectivity index (χ4n) is 3.38. The topological polar surface area (TPSA) is 20.2 Å². The summed E-state index contributed by atoms with van der Waals surface area (Å²) in [5.74, 6) is 1.29. The van der Waals surface area contributed by atoms with Crippen molar-refractivity contribution >= 4 is 0 Å². The summed E-state index contributed by atoms with van der Waals surface area (Å²) in [4.78, 5) is 0. The van der Waals surface area contributed by atoms with Crippen LogP contribution in [0.4, 0.5) is 0 Å². The molecule has 0 aromatic heterocycles. The maximum atomic E-state index is 9.71. The van der Waals surface area contributed by atoms with Crippen LogP contribution in [0.25, 0.3) is 0 Å². The summed E-state index contributed by atoms with van der Waals surface area (Å²) in [5, 5.41) is 9.71. The van der Waals surface area contributed by atoms with Crippen molar-refractivity contribution in [2.45, 2.75) is 46.5 Å². The van der Waals surface area contributed by atoms with Gasteiger partial charge < -0.3 is 5.11 Å². The van der Waals surface area contributed by atoms with Gasteiger partial charge in [-0.15, -0.1) is 0 Å². The minimum Gasteiger partial charge on any atom is -0.508 e. The van der Waals surface area contributed by atoms with Gasteiger partial charge in [0.05, 0.1) is 0 Å². The fraction of sp³-hybridized carbons (Fsp3) is 0.444. The summed E-state index contributed by atoms with van der Waals surface area (Å²) in [7, 11) is 0. The highest BCUT2D eigenvalue weighted by molar-refractivity contribution is 5.46. The van der Waals surface area contributed by atoms with Crippen LogP contribution >= 0.6 is 0 Å². The third-order valence-corrected chi connectivity index (χ3v) is 4.29. The van der Waals surface area contributed by atoms with Crippen molar-refractivity contribution in [1.29, 1.82) is 0 Å². The highest BCUT2D eigenvalue weighted by atomic mass is 16.3. The zero-order valence-corrected chi connectivity index (χ0v) is 12.5. The van der Waals surface area contributed by atoms with E-state index in [4.69, 9.17) is 0 Å². The molecule has 1 aromatic rings. The molecule has 0 heterocycles. The lowest BCUT2D eigenvalue weighted by molar-refractivity contribution is 0.467. The minimum absolute atomic E-state index is 0.363. The molecule has 1 N–H and O–H groups in total. The average molecular weight is 256 g/mol. The van der Waals surface area contributed by atoms with E-state index < -0.39 is 0 Å². The predicted molar refractivity (Wildman–Crippen MR) is 81.6 cm³/mol. The molecule has 2 rings (SSSR count). The normalized spacial score (nSPS) is 23.1. The van der Waals surface area contributed by atoms with Gasteiger partial charge in [0.15, 0.2) is 0 Å². The summed E-state index contributed by atoms with van der Waals surface area (Å²) in [6, 6.07) is 3.74. The minimum atomic E-state index is 0.363. The van der Waals surface area contributed by atoms with E-state index >= 15 is 0 Å². The molecule has 0 bridgehead atoms. The number of benzene rings is 1. The van der Waals surface area contributed by atoms with Gasteiger partial charge in [0.2, 0.25) is 0 Å². The molecule has 1 unspecified atom stereocenters. The molecular formula is C18H24O. The molecule has 0 saturated carbocycles. The van der Waals surface area contributed by atoms with Gasteiger partial charge in [0.1, 0.15) is 5.75 Å². The van der Waals surface area contributed by atoms with Crippen LogP contribution < -0.4 is 0 Å². The third kappa shape index (κ3) is 2.75. The van der Waals surface area contributed by atoms with Gasteiger partial charge in [0, 0.05) is 5.92 Å². The molecule has 19 heavy (non-hydrogen) atoms. The van der Waals surface area contributed by atoms with E-state index in [-0.39, 0.29) is 0 Å². The summed E-state index contributed by atoms with van der Waals surface area (Å²) in [6.07, 6.45) is 4.75. The Labute approximate surface area is 116 Å². The Bertz CT molecular complexity index is 514. The summed E-state index contributed by atoms with van der Waals surface area (Å²) in [6.45, 7) is 12.7. The zero-order valence-electron chi connectivity index (χ0n) is 12.5. The van der Waals surface area contributed by atoms with Crippen molar-refractivity contribution < 1.29 is 5.11 Å². The Morgan fingerprint density at radius 3 is 2.32 bits per heavy atom. The first-order valence-corrected chi connectivity index (χ1v) is 7.03. The van der Waals surface area contributed by atoms with Crippen LogP contribution in [0.5, 0.6) is 5.75 Å². The maximum absolute atomic E-state index is 9.71. The molecule has 1 aliphatic carbocycles. The SMILES string of the molecule is C=C(C)[C@@H]1CCC(C)=CC1c1c(C)cc(O)cc1C. The van der Waals surface area contributed by atoms with Crippen molar-refractivity contribution in [2.24, 2.45) is 5.92 Å². The van der Waals surface area contributed by atoms with E-state index in [9.17, 15) is 5.11 Å². The molecule has 102 valence electrons. The largest absolute Gasteiger partial charge is 0.508 e. The smallest absolute Gasteiger partial charge is 0.116 e. The number of aromatic hydroxyl groups is 1. The Morgan fingerprint density at radius 2 is 1.79 bits per heavy atom. The maximum Gasteiger partial charge on any atom is 0.116 e. The summed E-state index contributed by atoms with van der Waals surface area (Å²) >= 11 is 0. The van der Waals surface area contributed by atoms with E-state index in [0.29, 0.717) is 17.6 Å². The molecule has 1 heteroatoms. The number of allylic oxidation sites excluding steroid dienone is 3. The van der Waals surface area contributed by atoms with Crippen LogP contribution in [-0.4, -0.2) is 5.11 Å². The highest BCUT2D eigenvalue weighted by Crippen LogP contribution is 2.42. The second kappa shape index (κ2) is 5.24. The number of phenols is 1. The Hall–Kier alpha value is -1.50. The van der Waals surface area contributed by atoms with E-state index in [0.717, 1.165) is 0 Å². The van der Waals surface area contributed by atoms with Crippen LogP contribution in [0, 0.1) is 19.8 Å². The monoisotopic (exact) mass is 256 g/mol. The van der Waals surface area contributed by atoms with Crippen molar-refractivity contribution in [2.75, 3.05) is 0 Å². The quantitative estimate of drug-likeness (QED) is 0.736. The lowest BCUT2D eigenvalue weighted by Gasteiger charge is -2.32. The van der Waals surface area contributed by atoms with Crippen molar-refractivity contribution in [3.63, 3.8) is 0 Å². The number of aryl methyl sites for hydroxylation is 2. The standard InChI is InChI=1S/C18H24O/c1-11(2)16-7-6-12(3)8-17(16)18-13(4)9-15(19)10-14(18)5/h8-10,16-17,19H,1,6-7H2,2-5H3/t16-,17?/m0/s1. The first kappa shape index (κ1) is 13.9. The molecule has 0 fully saturated rings. The van der Waals surface area contributed by atoms with Crippen LogP contribution in [0.15, 0.2) is 35.9 Å². The number of phenolic OH excluding ortho intramolecular Hbond substituents is 1. The van der Waals surface area contributed by atoms with E-state index in [2.05, 4.69) is 40.3 Å². The van der Waals surface area contributed by atoms with Gasteiger partial charge >= 0.3 is 0 Å². The van der Waals surface area contributed by atoms with E-state index in [1.54, 1.807) is 0 Å². The van der Waals surface area contributed by atoms with Gasteiger partial charge in [-0.2, -0.15) is 0 Å². The lowest BCUT2D eigenvalue weighted by Crippen LogP contribution is -2.18. The van der Waals surface area contributed by atoms with Crippen LogP contribution in [-0.2, 0) is 0 Å². The molecule has 0 amide bonds. The number of hydrogen-bond donors (Lipinski definition) is 1.